The first-order valence-corrected chi connectivity index (χ1v) is 13.8. The van der Waals surface area contributed by atoms with E-state index < -0.39 is 5.92 Å². The van der Waals surface area contributed by atoms with E-state index in [0.29, 0.717) is 17.8 Å². The molecule has 1 aliphatic heterocycles. The van der Waals surface area contributed by atoms with Crippen molar-refractivity contribution in [2.24, 2.45) is 0 Å². The number of hydrogen-bond acceptors (Lipinski definition) is 5. The molecule has 0 amide bonds. The predicted octanol–water partition coefficient (Wildman–Crippen LogP) is 6.03. The number of nitrogens with zero attached hydrogens (tertiary/aromatic N) is 2. The second-order valence-electron chi connectivity index (χ2n) is 9.63. The molecule has 2 atom stereocenters. The van der Waals surface area contributed by atoms with Crippen LogP contribution >= 0.6 is 11.3 Å². The number of aromatic nitrogens is 2. The van der Waals surface area contributed by atoms with E-state index in [9.17, 15) is 9.59 Å². The Labute approximate surface area is 220 Å². The summed E-state index contributed by atoms with van der Waals surface area (Å²) in [4.78, 5) is 31.1. The number of thiophene rings is 1. The zero-order chi connectivity index (χ0) is 25.5. The van der Waals surface area contributed by atoms with Crippen molar-refractivity contribution in [2.75, 3.05) is 23.3 Å². The zero-order valence-corrected chi connectivity index (χ0v) is 21.8. The van der Waals surface area contributed by atoms with Gasteiger partial charge in [-0.2, -0.15) is 0 Å². The number of allylic oxidation sites excluding steroid dienone is 2. The first-order chi connectivity index (χ1) is 18.1. The van der Waals surface area contributed by atoms with Crippen LogP contribution < -0.4 is 15.8 Å². The fraction of sp³-hybridized carbons (Fsp3) is 0.267. The van der Waals surface area contributed by atoms with Crippen LogP contribution in [0.2, 0.25) is 0 Å². The van der Waals surface area contributed by atoms with E-state index in [0.717, 1.165) is 47.7 Å². The van der Waals surface area contributed by atoms with Gasteiger partial charge in [0.05, 0.1) is 11.3 Å². The van der Waals surface area contributed by atoms with E-state index in [1.165, 1.54) is 4.88 Å². The predicted molar refractivity (Wildman–Crippen MR) is 150 cm³/mol. The number of benzene rings is 2. The van der Waals surface area contributed by atoms with Crippen molar-refractivity contribution >= 4 is 28.6 Å². The van der Waals surface area contributed by atoms with Gasteiger partial charge in [-0.15, -0.1) is 11.3 Å². The van der Waals surface area contributed by atoms with E-state index in [2.05, 4.69) is 64.9 Å². The summed E-state index contributed by atoms with van der Waals surface area (Å²) in [6.45, 7) is 6.13. The molecule has 7 heteroatoms. The van der Waals surface area contributed by atoms with Crippen LogP contribution in [0.5, 0.6) is 0 Å². The Morgan fingerprint density at radius 1 is 0.946 bits per heavy atom. The van der Waals surface area contributed by atoms with Crippen LogP contribution in [0, 0.1) is 0 Å². The van der Waals surface area contributed by atoms with Gasteiger partial charge >= 0.3 is 0 Å². The largest absolute Gasteiger partial charge is 0.372 e. The summed E-state index contributed by atoms with van der Waals surface area (Å²) in [6.07, 6.45) is 1.20. The maximum atomic E-state index is 13.8. The molecule has 6 rings (SSSR count). The summed E-state index contributed by atoms with van der Waals surface area (Å²) < 4.78 is 1.58. The van der Waals surface area contributed by atoms with E-state index >= 15 is 0 Å². The minimum absolute atomic E-state index is 0.113. The molecular formula is C30H30N4O2S. The Kier molecular flexibility index (Phi) is 6.08. The maximum Gasteiger partial charge on any atom is 0.277 e. The third-order valence-electron chi connectivity index (χ3n) is 7.60. The van der Waals surface area contributed by atoms with E-state index in [4.69, 9.17) is 0 Å². The van der Waals surface area contributed by atoms with Crippen molar-refractivity contribution in [2.45, 2.75) is 38.5 Å². The highest BCUT2D eigenvalue weighted by molar-refractivity contribution is 7.10. The molecule has 2 aromatic carbocycles. The number of fused-ring (bicyclic) bond motifs is 1. The molecule has 1 aliphatic carbocycles. The lowest BCUT2D eigenvalue weighted by atomic mass is 9.74. The number of anilines is 2. The lowest BCUT2D eigenvalue weighted by Gasteiger charge is -2.34. The van der Waals surface area contributed by atoms with Gasteiger partial charge in [0, 0.05) is 53.2 Å². The van der Waals surface area contributed by atoms with E-state index in [-0.39, 0.29) is 17.3 Å². The monoisotopic (exact) mass is 510 g/mol. The third kappa shape index (κ3) is 4.03. The van der Waals surface area contributed by atoms with E-state index in [1.54, 1.807) is 16.0 Å². The molecule has 0 saturated heterocycles. The number of para-hydroxylation sites is 1. The van der Waals surface area contributed by atoms with E-state index in [1.807, 2.05) is 36.4 Å². The highest BCUT2D eigenvalue weighted by Gasteiger charge is 2.41. The number of Topliss-reactive ketones (excluding diaryl/α,β-unsaturated/α-hetero) is 1. The molecule has 2 aliphatic rings. The summed E-state index contributed by atoms with van der Waals surface area (Å²) in [6, 6.07) is 22.1. The SMILES string of the molecule is CCN(CC)c1ccc([C@@H]2C3=C(C[C@@H](c4cccs4)CC3=O)Nc3[nH]n(-c4ccccc4)c(=O)c32)cc1. The quantitative estimate of drug-likeness (QED) is 0.332. The highest BCUT2D eigenvalue weighted by atomic mass is 32.1. The van der Waals surface area contributed by atoms with Crippen LogP contribution in [-0.4, -0.2) is 28.7 Å². The molecule has 188 valence electrons. The number of aromatic amines is 1. The van der Waals surface area contributed by atoms with Crippen molar-refractivity contribution in [1.82, 2.24) is 9.78 Å². The molecule has 37 heavy (non-hydrogen) atoms. The van der Waals surface area contributed by atoms with Gasteiger partial charge in [0.2, 0.25) is 0 Å². The number of carbonyl (C=O) groups excluding carboxylic acids is 1. The van der Waals surface area contributed by atoms with Crippen molar-refractivity contribution < 1.29 is 4.79 Å². The first kappa shape index (κ1) is 23.6. The molecule has 2 N–H and O–H groups in total. The molecular weight excluding hydrogens is 480 g/mol. The highest BCUT2D eigenvalue weighted by Crippen LogP contribution is 2.47. The number of nitrogens with one attached hydrogen (secondary N) is 2. The fourth-order valence-corrected chi connectivity index (χ4v) is 6.61. The van der Waals surface area contributed by atoms with Crippen molar-refractivity contribution in [3.63, 3.8) is 0 Å². The number of carbonyl (C=O) groups is 1. The average molecular weight is 511 g/mol. The normalized spacial score (nSPS) is 18.8. The molecule has 2 aromatic heterocycles. The van der Waals surface area contributed by atoms with Gasteiger partial charge in [-0.1, -0.05) is 36.4 Å². The lowest BCUT2D eigenvalue weighted by molar-refractivity contribution is -0.116. The van der Waals surface area contributed by atoms with Crippen molar-refractivity contribution in [1.29, 1.82) is 0 Å². The zero-order valence-electron chi connectivity index (χ0n) is 21.0. The van der Waals surface area contributed by atoms with Crippen molar-refractivity contribution in [3.05, 3.63) is 110 Å². The Morgan fingerprint density at radius 3 is 2.38 bits per heavy atom. The number of H-pyrrole nitrogens is 1. The Bertz CT molecular complexity index is 1510. The van der Waals surface area contributed by atoms with Gasteiger partial charge in [0.15, 0.2) is 5.78 Å². The van der Waals surface area contributed by atoms with Crippen LogP contribution in [0.1, 0.15) is 54.5 Å². The molecule has 0 bridgehead atoms. The van der Waals surface area contributed by atoms with Crippen molar-refractivity contribution in [3.8, 4) is 5.69 Å². The number of rotatable bonds is 6. The van der Waals surface area contributed by atoms with Gasteiger partial charge in [-0.3, -0.25) is 14.7 Å². The van der Waals surface area contributed by atoms with Gasteiger partial charge < -0.3 is 10.2 Å². The van der Waals surface area contributed by atoms with Gasteiger partial charge in [-0.25, -0.2) is 4.68 Å². The van der Waals surface area contributed by atoms with Gasteiger partial charge in [0.25, 0.3) is 5.56 Å². The van der Waals surface area contributed by atoms with Crippen LogP contribution in [0.25, 0.3) is 5.69 Å². The second kappa shape index (κ2) is 9.56. The average Bonchev–Trinajstić information content (AvgIpc) is 3.58. The summed E-state index contributed by atoms with van der Waals surface area (Å²) in [5, 5.41) is 8.85. The summed E-state index contributed by atoms with van der Waals surface area (Å²) in [5.74, 6) is 0.518. The number of ketones is 1. The molecule has 6 nitrogen and oxygen atoms in total. The standard InChI is InChI=1S/C30H30N4O2S/c1-3-33(4-2)21-14-12-19(13-15-21)26-27-23(17-20(18-24(27)35)25-11-8-16-37-25)31-29-28(26)30(36)34(32-29)22-9-6-5-7-10-22/h5-16,20,26,31-32H,3-4,17-18H2,1-2H3/t20-,26-/m1/s1. The third-order valence-corrected chi connectivity index (χ3v) is 8.64. The maximum absolute atomic E-state index is 13.8. The summed E-state index contributed by atoms with van der Waals surface area (Å²) in [7, 11) is 0. The number of hydrogen-bond donors (Lipinski definition) is 2. The topological polar surface area (TPSA) is 70.1 Å². The van der Waals surface area contributed by atoms with Crippen LogP contribution in [-0.2, 0) is 4.79 Å². The Balaban J connectivity index is 1.49. The molecule has 0 unspecified atom stereocenters. The van der Waals surface area contributed by atoms with Crippen LogP contribution in [0.15, 0.2) is 88.2 Å². The van der Waals surface area contributed by atoms with Gasteiger partial charge in [-0.05, 0) is 61.5 Å². The molecule has 3 heterocycles. The molecule has 0 spiro atoms. The summed E-state index contributed by atoms with van der Waals surface area (Å²) >= 11 is 1.70. The molecule has 0 saturated carbocycles. The lowest BCUT2D eigenvalue weighted by Crippen LogP contribution is -2.31. The smallest absolute Gasteiger partial charge is 0.277 e. The second-order valence-corrected chi connectivity index (χ2v) is 10.6. The van der Waals surface area contributed by atoms with Gasteiger partial charge in [0.1, 0.15) is 5.82 Å². The Hall–Kier alpha value is -3.84. The molecule has 4 aromatic rings. The van der Waals surface area contributed by atoms with Crippen LogP contribution in [0.4, 0.5) is 11.5 Å². The minimum Gasteiger partial charge on any atom is -0.372 e. The Morgan fingerprint density at radius 2 is 1.70 bits per heavy atom. The molecule has 0 fully saturated rings. The first-order valence-electron chi connectivity index (χ1n) is 12.9. The summed E-state index contributed by atoms with van der Waals surface area (Å²) in [5.41, 5.74) is 4.98. The molecule has 0 radical (unpaired) electrons. The fourth-order valence-electron chi connectivity index (χ4n) is 5.78. The minimum atomic E-state index is -0.414. The van der Waals surface area contributed by atoms with Crippen LogP contribution in [0.3, 0.4) is 0 Å².